The maximum atomic E-state index is 11.4. The lowest BCUT2D eigenvalue weighted by Crippen LogP contribution is -2.38. The highest BCUT2D eigenvalue weighted by atomic mass is 32.2. The summed E-state index contributed by atoms with van der Waals surface area (Å²) in [7, 11) is 0. The van der Waals surface area contributed by atoms with Crippen LogP contribution in [0.3, 0.4) is 0 Å². The van der Waals surface area contributed by atoms with E-state index in [0.29, 0.717) is 0 Å². The molecule has 0 bridgehead atoms. The molecule has 98 valence electrons. The highest BCUT2D eigenvalue weighted by Crippen LogP contribution is 2.31. The summed E-state index contributed by atoms with van der Waals surface area (Å²) < 4.78 is 5.63. The van der Waals surface area contributed by atoms with Crippen molar-refractivity contribution in [2.24, 2.45) is 0 Å². The minimum absolute atomic E-state index is 0.0720. The molecular weight excluding hydrogens is 250 g/mol. The fraction of sp³-hybridized carbons (Fsp3) is 0.462. The Kier molecular flexibility index (Phi) is 4.27. The van der Waals surface area contributed by atoms with Gasteiger partial charge in [0.2, 0.25) is 5.91 Å². The third-order valence-corrected chi connectivity index (χ3v) is 3.92. The zero-order valence-corrected chi connectivity index (χ0v) is 11.3. The minimum atomic E-state index is -0.289. The van der Waals surface area contributed by atoms with E-state index in [9.17, 15) is 9.90 Å². The second-order valence-electron chi connectivity index (χ2n) is 4.23. The molecule has 1 heterocycles. The third-order valence-electron chi connectivity index (χ3n) is 3.18. The summed E-state index contributed by atoms with van der Waals surface area (Å²) in [5.41, 5.74) is 0.996. The van der Waals surface area contributed by atoms with Crippen LogP contribution in [0.2, 0.25) is 0 Å². The first-order chi connectivity index (χ1) is 8.67. The smallest absolute Gasteiger partial charge is 0.221 e. The van der Waals surface area contributed by atoms with E-state index in [1.54, 1.807) is 16.7 Å². The van der Waals surface area contributed by atoms with Crippen molar-refractivity contribution in [1.29, 1.82) is 0 Å². The molecule has 1 aromatic carbocycles. The van der Waals surface area contributed by atoms with Crippen molar-refractivity contribution in [1.82, 2.24) is 4.90 Å². The number of hydrogen-bond acceptors (Lipinski definition) is 4. The highest BCUT2D eigenvalue weighted by molar-refractivity contribution is 7.98. The topological polar surface area (TPSA) is 49.8 Å². The van der Waals surface area contributed by atoms with Gasteiger partial charge in [0.1, 0.15) is 12.8 Å². The van der Waals surface area contributed by atoms with E-state index < -0.39 is 0 Å². The van der Waals surface area contributed by atoms with Crippen molar-refractivity contribution in [3.8, 4) is 0 Å². The first-order valence-electron chi connectivity index (χ1n) is 5.81. The largest absolute Gasteiger partial charge is 0.394 e. The number of ether oxygens (including phenoxy) is 1. The number of benzene rings is 1. The van der Waals surface area contributed by atoms with E-state index in [0.717, 1.165) is 5.56 Å². The summed E-state index contributed by atoms with van der Waals surface area (Å²) in [6.45, 7) is 1.65. The Morgan fingerprint density at radius 3 is 2.67 bits per heavy atom. The van der Waals surface area contributed by atoms with Gasteiger partial charge >= 0.3 is 0 Å². The molecule has 1 saturated heterocycles. The second kappa shape index (κ2) is 5.73. The summed E-state index contributed by atoms with van der Waals surface area (Å²) in [5, 5.41) is 9.44. The van der Waals surface area contributed by atoms with Crippen LogP contribution in [0, 0.1) is 0 Å². The number of nitrogens with zero attached hydrogens (tertiary/aromatic N) is 1. The third kappa shape index (κ3) is 2.53. The second-order valence-corrected chi connectivity index (χ2v) is 5.11. The average molecular weight is 267 g/mol. The van der Waals surface area contributed by atoms with Gasteiger partial charge in [-0.1, -0.05) is 12.1 Å². The number of hydrogen-bond donors (Lipinski definition) is 1. The first kappa shape index (κ1) is 13.4. The van der Waals surface area contributed by atoms with Gasteiger partial charge in [0.15, 0.2) is 0 Å². The SMILES string of the molecule is CSc1ccc([C@@H]2OCN(C(C)=O)[C@H]2CO)cc1. The molecule has 18 heavy (non-hydrogen) atoms. The molecule has 0 aliphatic carbocycles. The molecule has 0 saturated carbocycles. The van der Waals surface area contributed by atoms with Crippen LogP contribution in [0.15, 0.2) is 29.2 Å². The Morgan fingerprint density at radius 1 is 1.50 bits per heavy atom. The van der Waals surface area contributed by atoms with Gasteiger partial charge in [-0.3, -0.25) is 4.79 Å². The zero-order chi connectivity index (χ0) is 13.1. The number of thioether (sulfide) groups is 1. The monoisotopic (exact) mass is 267 g/mol. The normalized spacial score (nSPS) is 23.4. The number of carbonyl (C=O) groups is 1. The van der Waals surface area contributed by atoms with Crippen molar-refractivity contribution in [2.75, 3.05) is 19.6 Å². The molecule has 4 nitrogen and oxygen atoms in total. The van der Waals surface area contributed by atoms with E-state index in [1.165, 1.54) is 11.8 Å². The van der Waals surface area contributed by atoms with Crippen molar-refractivity contribution in [3.05, 3.63) is 29.8 Å². The van der Waals surface area contributed by atoms with E-state index in [4.69, 9.17) is 4.74 Å². The van der Waals surface area contributed by atoms with E-state index >= 15 is 0 Å². The van der Waals surface area contributed by atoms with Crippen LogP contribution >= 0.6 is 11.8 Å². The van der Waals surface area contributed by atoms with Crippen LogP contribution < -0.4 is 0 Å². The van der Waals surface area contributed by atoms with Gasteiger partial charge in [-0.25, -0.2) is 0 Å². The molecule has 0 radical (unpaired) electrons. The molecule has 1 aliphatic rings. The van der Waals surface area contributed by atoms with Crippen LogP contribution in [0.4, 0.5) is 0 Å². The number of aliphatic hydroxyl groups excluding tert-OH is 1. The molecule has 0 aromatic heterocycles. The van der Waals surface area contributed by atoms with E-state index in [1.807, 2.05) is 30.5 Å². The van der Waals surface area contributed by atoms with Gasteiger partial charge in [0.05, 0.1) is 12.6 Å². The summed E-state index contributed by atoms with van der Waals surface area (Å²) >= 11 is 1.68. The van der Waals surface area contributed by atoms with E-state index in [-0.39, 0.29) is 31.4 Å². The van der Waals surface area contributed by atoms with Crippen molar-refractivity contribution in [2.45, 2.75) is 24.0 Å². The quantitative estimate of drug-likeness (QED) is 0.846. The Morgan fingerprint density at radius 2 is 2.17 bits per heavy atom. The molecule has 1 N–H and O–H groups in total. The fourth-order valence-electron chi connectivity index (χ4n) is 2.16. The lowest BCUT2D eigenvalue weighted by Gasteiger charge is -2.22. The molecular formula is C13H17NO3S. The van der Waals surface area contributed by atoms with E-state index in [2.05, 4.69) is 0 Å². The van der Waals surface area contributed by atoms with Gasteiger partial charge in [-0.05, 0) is 24.0 Å². The molecule has 0 unspecified atom stereocenters. The van der Waals surface area contributed by atoms with Gasteiger partial charge < -0.3 is 14.7 Å². The van der Waals surface area contributed by atoms with Crippen LogP contribution in [0.25, 0.3) is 0 Å². The summed E-state index contributed by atoms with van der Waals surface area (Å²) in [4.78, 5) is 14.2. The summed E-state index contributed by atoms with van der Waals surface area (Å²) in [5.74, 6) is -0.0720. The summed E-state index contributed by atoms with van der Waals surface area (Å²) in [6.07, 6.45) is 1.78. The van der Waals surface area contributed by atoms with Crippen molar-refractivity contribution in [3.63, 3.8) is 0 Å². The van der Waals surface area contributed by atoms with Crippen LogP contribution in [0.1, 0.15) is 18.6 Å². The lowest BCUT2D eigenvalue weighted by atomic mass is 10.0. The van der Waals surface area contributed by atoms with Crippen molar-refractivity contribution < 1.29 is 14.6 Å². The average Bonchev–Trinajstić information content (AvgIpc) is 2.82. The maximum Gasteiger partial charge on any atom is 0.221 e. The highest BCUT2D eigenvalue weighted by Gasteiger charge is 2.37. The zero-order valence-electron chi connectivity index (χ0n) is 10.5. The number of rotatable bonds is 3. The molecule has 2 atom stereocenters. The molecule has 5 heteroatoms. The summed E-state index contributed by atoms with van der Waals surface area (Å²) in [6, 6.07) is 7.73. The van der Waals surface area contributed by atoms with Gasteiger partial charge in [0.25, 0.3) is 0 Å². The molecule has 1 fully saturated rings. The standard InChI is InChI=1S/C13H17NO3S/c1-9(16)14-8-17-13(12(14)7-15)10-3-5-11(18-2)6-4-10/h3-6,12-13,15H,7-8H2,1-2H3/t12-,13-/m0/s1. The predicted octanol–water partition coefficient (Wildman–Crippen LogP) is 1.65. The minimum Gasteiger partial charge on any atom is -0.394 e. The Labute approximate surface area is 111 Å². The van der Waals surface area contributed by atoms with Gasteiger partial charge in [0, 0.05) is 11.8 Å². The first-order valence-corrected chi connectivity index (χ1v) is 7.03. The number of aliphatic hydroxyl groups is 1. The number of carbonyl (C=O) groups excluding carboxylic acids is 1. The fourth-order valence-corrected chi connectivity index (χ4v) is 2.57. The van der Waals surface area contributed by atoms with Gasteiger partial charge in [-0.2, -0.15) is 0 Å². The molecule has 1 amide bonds. The van der Waals surface area contributed by atoms with Crippen LogP contribution in [0.5, 0.6) is 0 Å². The Hall–Kier alpha value is -1.04. The Bertz CT molecular complexity index is 421. The predicted molar refractivity (Wildman–Crippen MR) is 70.3 cm³/mol. The molecule has 1 aromatic rings. The molecule has 2 rings (SSSR count). The molecule has 1 aliphatic heterocycles. The van der Waals surface area contributed by atoms with Crippen LogP contribution in [-0.2, 0) is 9.53 Å². The number of amides is 1. The van der Waals surface area contributed by atoms with Gasteiger partial charge in [-0.15, -0.1) is 11.8 Å². The lowest BCUT2D eigenvalue weighted by molar-refractivity contribution is -0.131. The maximum absolute atomic E-state index is 11.4. The molecule has 0 spiro atoms. The Balaban J connectivity index is 2.19. The van der Waals surface area contributed by atoms with Crippen molar-refractivity contribution >= 4 is 17.7 Å². The van der Waals surface area contributed by atoms with Crippen LogP contribution in [-0.4, -0.2) is 41.5 Å².